The van der Waals surface area contributed by atoms with Gasteiger partial charge in [0.1, 0.15) is 23.7 Å². The molecule has 38 heavy (non-hydrogen) atoms. The molecule has 13 heteroatoms. The molecule has 3 aliphatic carbocycles. The molecule has 2 heterocycles. The van der Waals surface area contributed by atoms with Gasteiger partial charge in [-0.15, -0.1) is 0 Å². The van der Waals surface area contributed by atoms with Gasteiger partial charge in [0.15, 0.2) is 46.8 Å². The van der Waals surface area contributed by atoms with Crippen molar-refractivity contribution in [3.63, 3.8) is 0 Å². The Bertz CT molecular complexity index is 1550. The van der Waals surface area contributed by atoms with Gasteiger partial charge >= 0.3 is 0 Å². The van der Waals surface area contributed by atoms with Crippen LogP contribution in [0.5, 0.6) is 5.75 Å². The van der Waals surface area contributed by atoms with Crippen LogP contribution in [0.3, 0.4) is 0 Å². The SMILES string of the molecule is CC12C=CC=C(O)C1OC1=C(C2=O)C(O)C2(O)C(=C1O)C(O)=C(O)c1cc3c(c(O)c12)C(=O)NC(O)C3O. The number of ketones is 1. The first-order valence-corrected chi connectivity index (χ1v) is 11.4. The first-order valence-electron chi connectivity index (χ1n) is 11.4. The standard InChI is InChI=1S/C25H21NO12/c1-24-4-2-3-8(27)21(24)38-18-10(19(24)33)20(34)25(37)11-7(13(28)16(31)12(25)17(18)32)5-6-9(15(11)30)22(35)26-23(36)14(6)29/h2-5,14,20-21,23,27-32,34,36-37H,1H3,(H,26,35). The first-order chi connectivity index (χ1) is 17.8. The number of benzene rings is 1. The molecule has 6 unspecified atom stereocenters. The molecule has 5 aliphatic rings. The molecule has 0 saturated heterocycles. The number of carbonyl (C=O) groups excluding carboxylic acids is 2. The van der Waals surface area contributed by atoms with E-state index in [9.17, 15) is 55.5 Å². The molecule has 1 amide bonds. The lowest BCUT2D eigenvalue weighted by Crippen LogP contribution is -2.56. The molecule has 2 aliphatic heterocycles. The van der Waals surface area contributed by atoms with Crippen molar-refractivity contribution in [2.45, 2.75) is 37.1 Å². The average molecular weight is 527 g/mol. The summed E-state index contributed by atoms with van der Waals surface area (Å²) in [5.74, 6) is -7.39. The zero-order chi connectivity index (χ0) is 27.6. The number of aliphatic hydroxyl groups is 8. The van der Waals surface area contributed by atoms with Gasteiger partial charge in [-0.3, -0.25) is 9.59 Å². The van der Waals surface area contributed by atoms with Crippen molar-refractivity contribution in [3.8, 4) is 5.75 Å². The number of rotatable bonds is 0. The molecule has 0 fully saturated rings. The zero-order valence-electron chi connectivity index (χ0n) is 19.4. The molecule has 6 rings (SSSR count). The molecule has 1 aromatic rings. The third-order valence-electron chi connectivity index (χ3n) is 7.79. The quantitative estimate of drug-likeness (QED) is 0.213. The van der Waals surface area contributed by atoms with Crippen LogP contribution in [-0.4, -0.2) is 76.1 Å². The fourth-order valence-electron chi connectivity index (χ4n) is 5.84. The van der Waals surface area contributed by atoms with Gasteiger partial charge in [0.2, 0.25) is 0 Å². The summed E-state index contributed by atoms with van der Waals surface area (Å²) in [4.78, 5) is 26.3. The Morgan fingerprint density at radius 3 is 2.37 bits per heavy atom. The third kappa shape index (κ3) is 2.53. The van der Waals surface area contributed by atoms with Crippen molar-refractivity contribution in [1.82, 2.24) is 5.32 Å². The molecular formula is C25H21NO12. The molecule has 1 aromatic carbocycles. The summed E-state index contributed by atoms with van der Waals surface area (Å²) in [7, 11) is 0. The van der Waals surface area contributed by atoms with Gasteiger partial charge in [0, 0.05) is 16.7 Å². The number of carbonyl (C=O) groups is 2. The van der Waals surface area contributed by atoms with Crippen LogP contribution >= 0.6 is 0 Å². The molecule has 0 radical (unpaired) electrons. The second-order valence-electron chi connectivity index (χ2n) is 9.87. The number of Topliss-reactive ketones (excluding diaryl/α,β-unsaturated/α-hetero) is 1. The topological polar surface area (TPSA) is 237 Å². The Balaban J connectivity index is 1.67. The predicted octanol–water partition coefficient (Wildman–Crippen LogP) is -0.100. The summed E-state index contributed by atoms with van der Waals surface area (Å²) in [6.45, 7) is 1.39. The van der Waals surface area contributed by atoms with E-state index in [1.165, 1.54) is 25.2 Å². The number of ether oxygens (including phenoxy) is 1. The molecule has 198 valence electrons. The fourth-order valence-corrected chi connectivity index (χ4v) is 5.84. The number of phenolic OH excluding ortho intramolecular Hbond substituents is 1. The lowest BCUT2D eigenvalue weighted by Gasteiger charge is -2.48. The maximum Gasteiger partial charge on any atom is 0.257 e. The molecule has 0 saturated carbocycles. The summed E-state index contributed by atoms with van der Waals surface area (Å²) >= 11 is 0. The van der Waals surface area contributed by atoms with Crippen molar-refractivity contribution in [3.05, 3.63) is 80.7 Å². The Kier molecular flexibility index (Phi) is 4.54. The molecule has 6 atom stereocenters. The normalized spacial score (nSPS) is 35.4. The number of allylic oxidation sites excluding steroid dienone is 2. The highest BCUT2D eigenvalue weighted by atomic mass is 16.5. The zero-order valence-corrected chi connectivity index (χ0v) is 19.4. The van der Waals surface area contributed by atoms with E-state index in [0.29, 0.717) is 0 Å². The van der Waals surface area contributed by atoms with Crippen molar-refractivity contribution < 1.29 is 60.3 Å². The number of hydrogen-bond acceptors (Lipinski definition) is 12. The van der Waals surface area contributed by atoms with E-state index in [1.807, 2.05) is 5.32 Å². The number of fused-ring (bicyclic) bond motifs is 5. The highest BCUT2D eigenvalue weighted by Crippen LogP contribution is 2.58. The number of amides is 1. The van der Waals surface area contributed by atoms with Gasteiger partial charge < -0.3 is 56.0 Å². The summed E-state index contributed by atoms with van der Waals surface area (Å²) in [6.07, 6.45) is -3.25. The van der Waals surface area contributed by atoms with Gasteiger partial charge in [0.25, 0.3) is 5.91 Å². The Morgan fingerprint density at radius 2 is 1.68 bits per heavy atom. The maximum atomic E-state index is 13.7. The second-order valence-corrected chi connectivity index (χ2v) is 9.87. The van der Waals surface area contributed by atoms with E-state index in [2.05, 4.69) is 0 Å². The fraction of sp³-hybridized carbons (Fsp3) is 0.280. The lowest BCUT2D eigenvalue weighted by molar-refractivity contribution is -0.137. The van der Waals surface area contributed by atoms with Crippen molar-refractivity contribution >= 4 is 17.4 Å². The van der Waals surface area contributed by atoms with Crippen LogP contribution in [0.4, 0.5) is 0 Å². The van der Waals surface area contributed by atoms with E-state index in [0.717, 1.165) is 6.07 Å². The predicted molar refractivity (Wildman–Crippen MR) is 123 cm³/mol. The average Bonchev–Trinajstić information content (AvgIpc) is 2.85. The van der Waals surface area contributed by atoms with Crippen molar-refractivity contribution in [1.29, 1.82) is 0 Å². The Labute approximate surface area is 212 Å². The van der Waals surface area contributed by atoms with Crippen LogP contribution in [0.15, 0.2) is 58.5 Å². The molecule has 0 bridgehead atoms. The van der Waals surface area contributed by atoms with Gasteiger partial charge in [-0.25, -0.2) is 0 Å². The van der Waals surface area contributed by atoms with Crippen LogP contribution in [0.2, 0.25) is 0 Å². The number of hydrogen-bond donors (Lipinski definition) is 10. The number of aliphatic hydroxyl groups excluding tert-OH is 7. The van der Waals surface area contributed by atoms with E-state index in [-0.39, 0.29) is 11.3 Å². The van der Waals surface area contributed by atoms with Crippen molar-refractivity contribution in [2.75, 3.05) is 0 Å². The Morgan fingerprint density at radius 1 is 1.00 bits per heavy atom. The third-order valence-corrected chi connectivity index (χ3v) is 7.79. The van der Waals surface area contributed by atoms with Crippen LogP contribution in [0.1, 0.15) is 40.1 Å². The second kappa shape index (κ2) is 7.17. The van der Waals surface area contributed by atoms with Crippen LogP contribution in [0, 0.1) is 5.41 Å². The summed E-state index contributed by atoms with van der Waals surface area (Å²) in [5.41, 5.74) is -8.57. The highest BCUT2D eigenvalue weighted by Gasteiger charge is 2.63. The number of aromatic hydroxyl groups is 1. The molecule has 0 spiro atoms. The van der Waals surface area contributed by atoms with E-state index in [1.54, 1.807) is 0 Å². The van der Waals surface area contributed by atoms with Gasteiger partial charge in [-0.05, 0) is 19.1 Å². The minimum atomic E-state index is -3.03. The van der Waals surface area contributed by atoms with Crippen LogP contribution < -0.4 is 5.32 Å². The van der Waals surface area contributed by atoms with E-state index < -0.39 is 104 Å². The summed E-state index contributed by atoms with van der Waals surface area (Å²) in [5, 5.41) is 100. The largest absolute Gasteiger partial charge is 0.508 e. The summed E-state index contributed by atoms with van der Waals surface area (Å²) in [6, 6.07) is 0.911. The maximum absolute atomic E-state index is 13.7. The minimum Gasteiger partial charge on any atom is -0.508 e. The molecule has 13 nitrogen and oxygen atoms in total. The molecular weight excluding hydrogens is 506 g/mol. The van der Waals surface area contributed by atoms with Crippen molar-refractivity contribution in [2.24, 2.45) is 5.41 Å². The van der Waals surface area contributed by atoms with Gasteiger partial charge in [-0.2, -0.15) is 0 Å². The van der Waals surface area contributed by atoms with E-state index in [4.69, 9.17) is 4.74 Å². The first kappa shape index (κ1) is 24.1. The summed E-state index contributed by atoms with van der Waals surface area (Å²) < 4.78 is 5.70. The highest BCUT2D eigenvalue weighted by molar-refractivity contribution is 6.06. The van der Waals surface area contributed by atoms with Gasteiger partial charge in [-0.1, -0.05) is 12.2 Å². The Hall–Kier alpha value is -4.30. The van der Waals surface area contributed by atoms with Gasteiger partial charge in [0.05, 0.1) is 22.1 Å². The number of phenols is 1. The number of nitrogens with one attached hydrogen (secondary N) is 1. The van der Waals surface area contributed by atoms with Crippen LogP contribution in [-0.2, 0) is 15.1 Å². The molecule has 0 aromatic heterocycles. The molecule has 10 N–H and O–H groups in total. The minimum absolute atomic E-state index is 0.371. The monoisotopic (exact) mass is 527 g/mol. The van der Waals surface area contributed by atoms with E-state index >= 15 is 0 Å². The lowest BCUT2D eigenvalue weighted by atomic mass is 9.63. The van der Waals surface area contributed by atoms with Crippen LogP contribution in [0.25, 0.3) is 5.76 Å². The smallest absolute Gasteiger partial charge is 0.257 e.